The maximum absolute atomic E-state index is 11.4. The van der Waals surface area contributed by atoms with Gasteiger partial charge in [-0.05, 0) is 24.9 Å². The molecule has 5 heteroatoms. The summed E-state index contributed by atoms with van der Waals surface area (Å²) in [6.07, 6.45) is 0.868. The van der Waals surface area contributed by atoms with E-state index in [2.05, 4.69) is 22.5 Å². The number of carbonyl (C=O) groups is 1. The van der Waals surface area contributed by atoms with Crippen LogP contribution in [0.4, 0.5) is 0 Å². The van der Waals surface area contributed by atoms with Gasteiger partial charge in [0.2, 0.25) is 5.91 Å². The molecule has 1 saturated heterocycles. The number of rotatable bonds is 5. The molecule has 0 saturated carbocycles. The second-order valence-corrected chi connectivity index (χ2v) is 4.39. The van der Waals surface area contributed by atoms with E-state index in [1.165, 1.54) is 0 Å². The smallest absolute Gasteiger partial charge is 0.249 e. The number of hydrogen-bond acceptors (Lipinski definition) is 3. The Kier molecular flexibility index (Phi) is 4.79. The monoisotopic (exact) mass is 215 g/mol. The molecule has 80 valence electrons. The van der Waals surface area contributed by atoms with E-state index < -0.39 is 0 Å². The number of thioether (sulfide) groups is 1. The fourth-order valence-corrected chi connectivity index (χ4v) is 1.95. The predicted molar refractivity (Wildman–Crippen MR) is 60.7 cm³/mol. The lowest BCUT2D eigenvalue weighted by molar-refractivity contribution is -0.120. The molecule has 0 spiro atoms. The third kappa shape index (κ3) is 3.21. The third-order valence-electron chi connectivity index (χ3n) is 1.94. The van der Waals surface area contributed by atoms with Crippen molar-refractivity contribution in [3.63, 3.8) is 0 Å². The van der Waals surface area contributed by atoms with Crippen molar-refractivity contribution in [2.24, 2.45) is 4.99 Å². The minimum absolute atomic E-state index is 0.0499. The Morgan fingerprint density at radius 1 is 1.50 bits per heavy atom. The molecular weight excluding hydrogens is 198 g/mol. The first-order valence-electron chi connectivity index (χ1n) is 4.97. The van der Waals surface area contributed by atoms with Crippen LogP contribution in [0.3, 0.4) is 0 Å². The summed E-state index contributed by atoms with van der Waals surface area (Å²) in [5.41, 5.74) is 0. The quantitative estimate of drug-likeness (QED) is 0.660. The van der Waals surface area contributed by atoms with E-state index in [1.807, 2.05) is 18.7 Å². The summed E-state index contributed by atoms with van der Waals surface area (Å²) in [5.74, 6) is 2.79. The summed E-state index contributed by atoms with van der Waals surface area (Å²) < 4.78 is 0. The first-order valence-corrected chi connectivity index (χ1v) is 6.13. The van der Waals surface area contributed by atoms with Gasteiger partial charge in [-0.3, -0.25) is 15.1 Å². The molecule has 1 aliphatic rings. The Balaban J connectivity index is 2.33. The summed E-state index contributed by atoms with van der Waals surface area (Å²) in [6.45, 7) is 4.76. The van der Waals surface area contributed by atoms with Gasteiger partial charge >= 0.3 is 0 Å². The van der Waals surface area contributed by atoms with Gasteiger partial charge in [0.15, 0.2) is 5.96 Å². The number of nitrogens with zero attached hydrogens (tertiary/aromatic N) is 1. The second-order valence-electron chi connectivity index (χ2n) is 2.99. The number of amides is 1. The molecule has 0 aliphatic carbocycles. The Bertz CT molecular complexity index is 230. The average molecular weight is 215 g/mol. The first kappa shape index (κ1) is 11.4. The summed E-state index contributed by atoms with van der Waals surface area (Å²) in [4.78, 5) is 15.5. The number of carbonyl (C=O) groups excluding carboxylic acids is 1. The zero-order valence-electron chi connectivity index (χ0n) is 8.67. The van der Waals surface area contributed by atoms with E-state index in [0.717, 1.165) is 17.9 Å². The molecule has 1 amide bonds. The summed E-state index contributed by atoms with van der Waals surface area (Å²) in [6, 6.07) is -0.0839. The van der Waals surface area contributed by atoms with Crippen LogP contribution in [0.2, 0.25) is 0 Å². The Morgan fingerprint density at radius 3 is 2.93 bits per heavy atom. The van der Waals surface area contributed by atoms with E-state index in [-0.39, 0.29) is 11.9 Å². The molecule has 1 heterocycles. The molecular formula is C9H17N3OS. The second kappa shape index (κ2) is 5.90. The van der Waals surface area contributed by atoms with Crippen molar-refractivity contribution in [1.29, 1.82) is 0 Å². The van der Waals surface area contributed by atoms with Crippen molar-refractivity contribution in [2.75, 3.05) is 18.1 Å². The molecule has 0 aromatic carbocycles. The van der Waals surface area contributed by atoms with Crippen molar-refractivity contribution in [3.8, 4) is 0 Å². The van der Waals surface area contributed by atoms with Gasteiger partial charge in [0.05, 0.1) is 0 Å². The molecule has 1 fully saturated rings. The van der Waals surface area contributed by atoms with Gasteiger partial charge in [0, 0.05) is 6.54 Å². The van der Waals surface area contributed by atoms with Crippen LogP contribution in [-0.2, 0) is 4.79 Å². The van der Waals surface area contributed by atoms with Crippen molar-refractivity contribution in [1.82, 2.24) is 10.6 Å². The number of nitrogens with one attached hydrogen (secondary N) is 2. The van der Waals surface area contributed by atoms with Gasteiger partial charge in [-0.15, -0.1) is 0 Å². The van der Waals surface area contributed by atoms with Crippen LogP contribution in [0.1, 0.15) is 20.3 Å². The zero-order valence-corrected chi connectivity index (χ0v) is 9.49. The van der Waals surface area contributed by atoms with E-state index in [0.29, 0.717) is 12.5 Å². The minimum Gasteiger partial charge on any atom is -0.344 e. The predicted octanol–water partition coefficient (Wildman–Crippen LogP) is 0.593. The maximum Gasteiger partial charge on any atom is 0.249 e. The molecule has 1 unspecified atom stereocenters. The molecule has 1 atom stereocenters. The molecule has 0 aromatic rings. The summed E-state index contributed by atoms with van der Waals surface area (Å²) in [7, 11) is 0. The number of aliphatic imine (C=N–C) groups is 1. The van der Waals surface area contributed by atoms with Gasteiger partial charge in [-0.25, -0.2) is 0 Å². The lowest BCUT2D eigenvalue weighted by Crippen LogP contribution is -2.29. The lowest BCUT2D eigenvalue weighted by atomic mass is 10.2. The molecule has 1 rings (SSSR count). The van der Waals surface area contributed by atoms with Gasteiger partial charge in [-0.2, -0.15) is 11.8 Å². The highest BCUT2D eigenvalue weighted by Gasteiger charge is 2.26. The van der Waals surface area contributed by atoms with E-state index in [1.54, 1.807) is 0 Å². The molecule has 0 aromatic heterocycles. The van der Waals surface area contributed by atoms with E-state index in [9.17, 15) is 4.79 Å². The normalized spacial score (nSPS) is 23.7. The average Bonchev–Trinajstić information content (AvgIpc) is 2.48. The highest BCUT2D eigenvalue weighted by Crippen LogP contribution is 2.06. The standard InChI is InChI=1S/C9H17N3OS/c1-3-10-9-11-7(8(13)12-9)5-6-14-4-2/h7H,3-6H2,1-2H3,(H2,10,11,12,13). The topological polar surface area (TPSA) is 53.5 Å². The van der Waals surface area contributed by atoms with Crippen LogP contribution in [0.15, 0.2) is 4.99 Å². The van der Waals surface area contributed by atoms with Crippen molar-refractivity contribution >= 4 is 23.6 Å². The SMILES string of the molecule is CCN=C1NC(=O)C(CCSCC)N1. The fraction of sp³-hybridized carbons (Fsp3) is 0.778. The molecule has 4 nitrogen and oxygen atoms in total. The zero-order chi connectivity index (χ0) is 10.4. The molecule has 0 radical (unpaired) electrons. The lowest BCUT2D eigenvalue weighted by Gasteiger charge is -2.05. The molecule has 1 aliphatic heterocycles. The van der Waals surface area contributed by atoms with Crippen molar-refractivity contribution < 1.29 is 4.79 Å². The maximum atomic E-state index is 11.4. The van der Waals surface area contributed by atoms with Crippen molar-refractivity contribution in [3.05, 3.63) is 0 Å². The Morgan fingerprint density at radius 2 is 2.29 bits per heavy atom. The number of guanidine groups is 1. The number of hydrogen-bond donors (Lipinski definition) is 2. The van der Waals surface area contributed by atoms with Gasteiger partial charge in [-0.1, -0.05) is 6.92 Å². The van der Waals surface area contributed by atoms with E-state index in [4.69, 9.17) is 0 Å². The summed E-state index contributed by atoms with van der Waals surface area (Å²) in [5, 5.41) is 5.80. The van der Waals surface area contributed by atoms with E-state index >= 15 is 0 Å². The van der Waals surface area contributed by atoms with Crippen LogP contribution in [-0.4, -0.2) is 36.0 Å². The van der Waals surface area contributed by atoms with Gasteiger partial charge < -0.3 is 5.32 Å². The summed E-state index contributed by atoms with van der Waals surface area (Å²) >= 11 is 1.85. The van der Waals surface area contributed by atoms with Crippen LogP contribution < -0.4 is 10.6 Å². The van der Waals surface area contributed by atoms with Crippen LogP contribution in [0, 0.1) is 0 Å². The van der Waals surface area contributed by atoms with Crippen LogP contribution >= 0.6 is 11.8 Å². The fourth-order valence-electron chi connectivity index (χ4n) is 1.26. The van der Waals surface area contributed by atoms with Crippen molar-refractivity contribution in [2.45, 2.75) is 26.3 Å². The highest BCUT2D eigenvalue weighted by atomic mass is 32.2. The minimum atomic E-state index is -0.0839. The molecule has 0 bridgehead atoms. The Hall–Kier alpha value is -0.710. The highest BCUT2D eigenvalue weighted by molar-refractivity contribution is 7.99. The molecule has 2 N–H and O–H groups in total. The van der Waals surface area contributed by atoms with Gasteiger partial charge in [0.1, 0.15) is 6.04 Å². The third-order valence-corrected chi connectivity index (χ3v) is 2.87. The largest absolute Gasteiger partial charge is 0.344 e. The Labute approximate surface area is 88.9 Å². The van der Waals surface area contributed by atoms with Crippen LogP contribution in [0.5, 0.6) is 0 Å². The first-order chi connectivity index (χ1) is 6.77. The van der Waals surface area contributed by atoms with Gasteiger partial charge in [0.25, 0.3) is 0 Å². The van der Waals surface area contributed by atoms with Crippen LogP contribution in [0.25, 0.3) is 0 Å². The molecule has 14 heavy (non-hydrogen) atoms.